The predicted molar refractivity (Wildman–Crippen MR) is 81.9 cm³/mol. The molecule has 0 fully saturated rings. The smallest absolute Gasteiger partial charge is 0.258 e. The number of hydrogen-bond donors (Lipinski definition) is 2. The standard InChI is InChI=1S/C15H15N3OS/c1-10(13-7-4-8-20-13)16-9-14-17-12-6-3-2-5-11(12)15(19)18-14/h2-8,10,16H,9H2,1H3,(H,17,18,19)/t10-/m1/s1. The van der Waals surface area contributed by atoms with Crippen molar-refractivity contribution in [1.82, 2.24) is 15.3 Å². The molecule has 0 bridgehead atoms. The molecule has 0 aliphatic rings. The van der Waals surface area contributed by atoms with Gasteiger partial charge in [-0.3, -0.25) is 4.79 Å². The molecule has 0 saturated heterocycles. The fourth-order valence-electron chi connectivity index (χ4n) is 2.11. The predicted octanol–water partition coefficient (Wildman–Crippen LogP) is 2.84. The van der Waals surface area contributed by atoms with E-state index >= 15 is 0 Å². The van der Waals surface area contributed by atoms with Crippen LogP contribution in [0.1, 0.15) is 23.7 Å². The molecule has 20 heavy (non-hydrogen) atoms. The minimum absolute atomic E-state index is 0.0869. The molecule has 2 N–H and O–H groups in total. The Bertz CT molecular complexity index is 764. The van der Waals surface area contributed by atoms with Gasteiger partial charge in [0.2, 0.25) is 0 Å². The molecule has 1 atom stereocenters. The number of para-hydroxylation sites is 1. The van der Waals surface area contributed by atoms with Crippen molar-refractivity contribution < 1.29 is 0 Å². The van der Waals surface area contributed by atoms with Gasteiger partial charge in [-0.25, -0.2) is 4.98 Å². The molecule has 0 saturated carbocycles. The van der Waals surface area contributed by atoms with Crippen LogP contribution in [-0.4, -0.2) is 9.97 Å². The zero-order valence-corrected chi connectivity index (χ0v) is 11.9. The van der Waals surface area contributed by atoms with Crippen LogP contribution in [0.25, 0.3) is 10.9 Å². The highest BCUT2D eigenvalue weighted by Gasteiger charge is 2.07. The van der Waals surface area contributed by atoms with E-state index in [4.69, 9.17) is 0 Å². The number of rotatable bonds is 4. The average molecular weight is 285 g/mol. The Morgan fingerprint density at radius 1 is 1.30 bits per heavy atom. The number of aromatic nitrogens is 2. The topological polar surface area (TPSA) is 57.8 Å². The lowest BCUT2D eigenvalue weighted by Gasteiger charge is -2.11. The first-order valence-corrected chi connectivity index (χ1v) is 7.37. The van der Waals surface area contributed by atoms with E-state index < -0.39 is 0 Å². The maximum absolute atomic E-state index is 12.0. The molecular formula is C15H15N3OS. The van der Waals surface area contributed by atoms with E-state index in [1.807, 2.05) is 24.3 Å². The summed E-state index contributed by atoms with van der Waals surface area (Å²) in [7, 11) is 0. The van der Waals surface area contributed by atoms with E-state index in [2.05, 4.69) is 33.7 Å². The number of nitrogens with zero attached hydrogens (tertiary/aromatic N) is 1. The number of benzene rings is 1. The van der Waals surface area contributed by atoms with Gasteiger partial charge in [0, 0.05) is 10.9 Å². The van der Waals surface area contributed by atoms with Crippen LogP contribution in [0.2, 0.25) is 0 Å². The largest absolute Gasteiger partial charge is 0.309 e. The Morgan fingerprint density at radius 2 is 2.15 bits per heavy atom. The van der Waals surface area contributed by atoms with Crippen molar-refractivity contribution in [3.63, 3.8) is 0 Å². The van der Waals surface area contributed by atoms with E-state index in [0.29, 0.717) is 17.8 Å². The highest BCUT2D eigenvalue weighted by Crippen LogP contribution is 2.18. The van der Waals surface area contributed by atoms with Crippen molar-refractivity contribution in [2.75, 3.05) is 0 Å². The lowest BCUT2D eigenvalue weighted by molar-refractivity contribution is 0.567. The minimum Gasteiger partial charge on any atom is -0.309 e. The molecule has 1 aromatic carbocycles. The highest BCUT2D eigenvalue weighted by atomic mass is 32.1. The van der Waals surface area contributed by atoms with Crippen LogP contribution in [0.5, 0.6) is 0 Å². The molecule has 102 valence electrons. The third kappa shape index (κ3) is 2.64. The maximum atomic E-state index is 12.0. The fourth-order valence-corrected chi connectivity index (χ4v) is 2.87. The molecule has 0 aliphatic heterocycles. The van der Waals surface area contributed by atoms with Crippen molar-refractivity contribution >= 4 is 22.2 Å². The third-order valence-electron chi connectivity index (χ3n) is 3.21. The van der Waals surface area contributed by atoms with Gasteiger partial charge in [-0.15, -0.1) is 11.3 Å². The maximum Gasteiger partial charge on any atom is 0.258 e. The van der Waals surface area contributed by atoms with Gasteiger partial charge in [0.15, 0.2) is 0 Å². The quantitative estimate of drug-likeness (QED) is 0.775. The zero-order chi connectivity index (χ0) is 13.9. The molecule has 3 rings (SSSR count). The van der Waals surface area contributed by atoms with Gasteiger partial charge in [0.1, 0.15) is 5.82 Å². The third-order valence-corrected chi connectivity index (χ3v) is 4.26. The number of nitrogens with one attached hydrogen (secondary N) is 2. The van der Waals surface area contributed by atoms with Crippen LogP contribution in [0.15, 0.2) is 46.6 Å². The summed E-state index contributed by atoms with van der Waals surface area (Å²) in [6.45, 7) is 2.64. The molecule has 0 spiro atoms. The van der Waals surface area contributed by atoms with Gasteiger partial charge in [-0.2, -0.15) is 0 Å². The van der Waals surface area contributed by atoms with Gasteiger partial charge in [0.25, 0.3) is 5.56 Å². The minimum atomic E-state index is -0.0869. The van der Waals surface area contributed by atoms with Crippen LogP contribution < -0.4 is 10.9 Å². The van der Waals surface area contributed by atoms with Crippen molar-refractivity contribution in [2.24, 2.45) is 0 Å². The van der Waals surface area contributed by atoms with Gasteiger partial charge >= 0.3 is 0 Å². The van der Waals surface area contributed by atoms with Gasteiger partial charge in [0.05, 0.1) is 17.4 Å². The van der Waals surface area contributed by atoms with Gasteiger partial charge in [-0.1, -0.05) is 18.2 Å². The van der Waals surface area contributed by atoms with E-state index in [-0.39, 0.29) is 11.6 Å². The molecule has 2 aromatic heterocycles. The Balaban J connectivity index is 1.80. The lowest BCUT2D eigenvalue weighted by Crippen LogP contribution is -2.21. The summed E-state index contributed by atoms with van der Waals surface area (Å²) in [5, 5.41) is 6.06. The summed E-state index contributed by atoms with van der Waals surface area (Å²) in [6.07, 6.45) is 0. The van der Waals surface area contributed by atoms with Crippen LogP contribution in [-0.2, 0) is 6.54 Å². The number of aromatic amines is 1. The highest BCUT2D eigenvalue weighted by molar-refractivity contribution is 7.10. The Morgan fingerprint density at radius 3 is 2.95 bits per heavy atom. The van der Waals surface area contributed by atoms with E-state index in [0.717, 1.165) is 5.52 Å². The summed E-state index contributed by atoms with van der Waals surface area (Å²) in [5.74, 6) is 0.664. The second kappa shape index (κ2) is 5.56. The lowest BCUT2D eigenvalue weighted by atomic mass is 10.2. The molecule has 2 heterocycles. The molecule has 0 amide bonds. The van der Waals surface area contributed by atoms with Crippen LogP contribution in [0.4, 0.5) is 0 Å². The first-order chi connectivity index (χ1) is 9.74. The van der Waals surface area contributed by atoms with Crippen molar-refractivity contribution in [3.8, 4) is 0 Å². The van der Waals surface area contributed by atoms with Crippen molar-refractivity contribution in [2.45, 2.75) is 19.5 Å². The monoisotopic (exact) mass is 285 g/mol. The summed E-state index contributed by atoms with van der Waals surface area (Å²) in [5.41, 5.74) is 0.646. The number of thiophene rings is 1. The average Bonchev–Trinajstić information content (AvgIpc) is 2.99. The summed E-state index contributed by atoms with van der Waals surface area (Å²) >= 11 is 1.72. The first-order valence-electron chi connectivity index (χ1n) is 6.49. The molecule has 3 aromatic rings. The zero-order valence-electron chi connectivity index (χ0n) is 11.1. The molecule has 0 radical (unpaired) electrons. The molecule has 5 heteroatoms. The molecule has 4 nitrogen and oxygen atoms in total. The van der Waals surface area contributed by atoms with E-state index in [9.17, 15) is 4.79 Å². The fraction of sp³-hybridized carbons (Fsp3) is 0.200. The van der Waals surface area contributed by atoms with Crippen LogP contribution in [0.3, 0.4) is 0 Å². The SMILES string of the molecule is C[C@@H](NCc1nc2ccccc2c(=O)[nH]1)c1cccs1. The van der Waals surface area contributed by atoms with Crippen molar-refractivity contribution in [1.29, 1.82) is 0 Å². The normalized spacial score (nSPS) is 12.7. The number of hydrogen-bond acceptors (Lipinski definition) is 4. The summed E-state index contributed by atoms with van der Waals surface area (Å²) < 4.78 is 0. The second-order valence-corrected chi connectivity index (χ2v) is 5.63. The first kappa shape index (κ1) is 13.0. The van der Waals surface area contributed by atoms with Crippen molar-refractivity contribution in [3.05, 3.63) is 62.8 Å². The molecular weight excluding hydrogens is 270 g/mol. The van der Waals surface area contributed by atoms with E-state index in [1.165, 1.54) is 4.88 Å². The summed E-state index contributed by atoms with van der Waals surface area (Å²) in [6, 6.07) is 11.7. The van der Waals surface area contributed by atoms with Gasteiger partial charge in [-0.05, 0) is 30.5 Å². The van der Waals surface area contributed by atoms with Crippen LogP contribution in [0, 0.1) is 0 Å². The Labute approximate surface area is 120 Å². The second-order valence-electron chi connectivity index (χ2n) is 4.65. The number of H-pyrrole nitrogens is 1. The molecule has 0 unspecified atom stereocenters. The Kier molecular flexibility index (Phi) is 3.62. The van der Waals surface area contributed by atoms with Crippen LogP contribution >= 0.6 is 11.3 Å². The summed E-state index contributed by atoms with van der Waals surface area (Å²) in [4.78, 5) is 20.5. The Hall–Kier alpha value is -1.98. The van der Waals surface area contributed by atoms with Gasteiger partial charge < -0.3 is 10.3 Å². The van der Waals surface area contributed by atoms with E-state index in [1.54, 1.807) is 17.4 Å². The molecule has 0 aliphatic carbocycles. The number of fused-ring (bicyclic) bond motifs is 1.